The van der Waals surface area contributed by atoms with Gasteiger partial charge in [-0.15, -0.1) is 0 Å². The fraction of sp³-hybridized carbons (Fsp3) is 0.385. The van der Waals surface area contributed by atoms with Gasteiger partial charge >= 0.3 is 11.6 Å². The van der Waals surface area contributed by atoms with Crippen LogP contribution in [0.25, 0.3) is 11.0 Å². The predicted molar refractivity (Wildman–Crippen MR) is 122 cm³/mol. The van der Waals surface area contributed by atoms with Gasteiger partial charge < -0.3 is 13.9 Å². The molecule has 0 N–H and O–H groups in total. The lowest BCUT2D eigenvalue weighted by Crippen LogP contribution is -2.24. The second kappa shape index (κ2) is 8.58. The number of carbonyl (C=O) groups excluding carboxylic acids is 1. The Balaban J connectivity index is 1.61. The summed E-state index contributed by atoms with van der Waals surface area (Å²) in [5.74, 6) is 0.397. The number of rotatable bonds is 6. The van der Waals surface area contributed by atoms with Crippen molar-refractivity contribution < 1.29 is 18.7 Å². The van der Waals surface area contributed by atoms with Crippen molar-refractivity contribution in [3.05, 3.63) is 70.1 Å². The molecule has 1 aromatic heterocycles. The second-order valence-corrected chi connectivity index (χ2v) is 9.81. The molecule has 0 saturated heterocycles. The molecule has 0 bridgehead atoms. The van der Waals surface area contributed by atoms with E-state index < -0.39 is 11.6 Å². The summed E-state index contributed by atoms with van der Waals surface area (Å²) in [7, 11) is 0. The highest BCUT2D eigenvalue weighted by atomic mass is 16.6. The third-order valence-electron chi connectivity index (χ3n) is 5.12. The zero-order chi connectivity index (χ0) is 22.8. The van der Waals surface area contributed by atoms with Crippen molar-refractivity contribution in [3.63, 3.8) is 0 Å². The highest BCUT2D eigenvalue weighted by molar-refractivity contribution is 5.81. The standard InChI is InChI=1S/C26H30O5/c1-17-13-23(27)31-22-14-20(11-12-21(17)22)29-15-24(28)30-19-9-7-18(8-10-19)26(5,6)16-25(2,3)4/h7-14H,15-16H2,1-6H3. The number of hydrogen-bond acceptors (Lipinski definition) is 5. The summed E-state index contributed by atoms with van der Waals surface area (Å²) in [5, 5.41) is 0.823. The highest BCUT2D eigenvalue weighted by Crippen LogP contribution is 2.36. The zero-order valence-electron chi connectivity index (χ0n) is 19.1. The van der Waals surface area contributed by atoms with Crippen LogP contribution in [0.3, 0.4) is 0 Å². The van der Waals surface area contributed by atoms with Crippen LogP contribution in [0, 0.1) is 12.3 Å². The van der Waals surface area contributed by atoms with Gasteiger partial charge in [-0.3, -0.25) is 0 Å². The molecule has 164 valence electrons. The van der Waals surface area contributed by atoms with E-state index in [1.165, 1.54) is 11.6 Å². The highest BCUT2D eigenvalue weighted by Gasteiger charge is 2.27. The molecule has 31 heavy (non-hydrogen) atoms. The monoisotopic (exact) mass is 422 g/mol. The number of hydrogen-bond donors (Lipinski definition) is 0. The maximum atomic E-state index is 12.2. The zero-order valence-corrected chi connectivity index (χ0v) is 19.1. The molecular weight excluding hydrogens is 392 g/mol. The number of ether oxygens (including phenoxy) is 2. The third kappa shape index (κ3) is 5.97. The van der Waals surface area contributed by atoms with E-state index in [1.54, 1.807) is 18.2 Å². The van der Waals surface area contributed by atoms with Crippen molar-refractivity contribution in [1.82, 2.24) is 0 Å². The molecule has 0 spiro atoms. The minimum atomic E-state index is -0.507. The van der Waals surface area contributed by atoms with E-state index in [0.717, 1.165) is 17.4 Å². The lowest BCUT2D eigenvalue weighted by molar-refractivity contribution is -0.136. The number of benzene rings is 2. The van der Waals surface area contributed by atoms with E-state index >= 15 is 0 Å². The molecule has 3 aromatic rings. The summed E-state index contributed by atoms with van der Waals surface area (Å²) in [6, 6.07) is 14.2. The fourth-order valence-electron chi connectivity index (χ4n) is 4.10. The van der Waals surface area contributed by atoms with Gasteiger partial charge in [0, 0.05) is 17.5 Å². The number of esters is 1. The lowest BCUT2D eigenvalue weighted by atomic mass is 9.72. The largest absolute Gasteiger partial charge is 0.482 e. The van der Waals surface area contributed by atoms with Gasteiger partial charge in [-0.2, -0.15) is 0 Å². The Morgan fingerprint density at radius 2 is 1.58 bits per heavy atom. The Labute approximate surface area is 183 Å². The van der Waals surface area contributed by atoms with Gasteiger partial charge in [-0.1, -0.05) is 46.8 Å². The Bertz CT molecular complexity index is 1130. The van der Waals surface area contributed by atoms with Crippen LogP contribution in [0.15, 0.2) is 57.7 Å². The minimum Gasteiger partial charge on any atom is -0.482 e. The lowest BCUT2D eigenvalue weighted by Gasteiger charge is -2.33. The van der Waals surface area contributed by atoms with Crippen LogP contribution in [-0.4, -0.2) is 12.6 Å². The molecule has 0 unspecified atom stereocenters. The summed E-state index contributed by atoms with van der Waals surface area (Å²) >= 11 is 0. The first-order chi connectivity index (χ1) is 14.4. The third-order valence-corrected chi connectivity index (χ3v) is 5.12. The number of fused-ring (bicyclic) bond motifs is 1. The van der Waals surface area contributed by atoms with Crippen LogP contribution in [0.1, 0.15) is 52.2 Å². The van der Waals surface area contributed by atoms with Gasteiger partial charge in [-0.05, 0) is 59.6 Å². The SMILES string of the molecule is Cc1cc(=O)oc2cc(OCC(=O)Oc3ccc(C(C)(C)CC(C)(C)C)cc3)ccc12. The van der Waals surface area contributed by atoms with Crippen LogP contribution in [0.4, 0.5) is 0 Å². The average molecular weight is 423 g/mol. The average Bonchev–Trinajstić information content (AvgIpc) is 2.64. The van der Waals surface area contributed by atoms with E-state index in [9.17, 15) is 9.59 Å². The van der Waals surface area contributed by atoms with Crippen molar-refractivity contribution in [2.75, 3.05) is 6.61 Å². The van der Waals surface area contributed by atoms with Crippen molar-refractivity contribution in [2.24, 2.45) is 5.41 Å². The van der Waals surface area contributed by atoms with Gasteiger partial charge in [0.2, 0.25) is 0 Å². The van der Waals surface area contributed by atoms with E-state index in [0.29, 0.717) is 17.1 Å². The van der Waals surface area contributed by atoms with Crippen molar-refractivity contribution >= 4 is 16.9 Å². The smallest absolute Gasteiger partial charge is 0.349 e. The van der Waals surface area contributed by atoms with Gasteiger partial charge in [0.25, 0.3) is 0 Å². The predicted octanol–water partition coefficient (Wildman–Crippen LogP) is 5.80. The van der Waals surface area contributed by atoms with Crippen LogP contribution >= 0.6 is 0 Å². The Morgan fingerprint density at radius 1 is 0.935 bits per heavy atom. The molecule has 0 radical (unpaired) electrons. The van der Waals surface area contributed by atoms with Gasteiger partial charge in [0.15, 0.2) is 6.61 Å². The Hall–Kier alpha value is -3.08. The molecule has 0 aliphatic rings. The molecule has 0 fully saturated rings. The maximum Gasteiger partial charge on any atom is 0.349 e. The van der Waals surface area contributed by atoms with Crippen LogP contribution in [-0.2, 0) is 10.2 Å². The molecule has 0 aliphatic heterocycles. The molecular formula is C26H30O5. The van der Waals surface area contributed by atoms with Gasteiger partial charge in [0.05, 0.1) is 0 Å². The van der Waals surface area contributed by atoms with Crippen molar-refractivity contribution in [1.29, 1.82) is 0 Å². The molecule has 0 atom stereocenters. The molecule has 0 aliphatic carbocycles. The quantitative estimate of drug-likeness (QED) is 0.285. The molecule has 5 heteroatoms. The minimum absolute atomic E-state index is 0.0212. The summed E-state index contributed by atoms with van der Waals surface area (Å²) in [4.78, 5) is 23.8. The molecule has 2 aromatic carbocycles. The van der Waals surface area contributed by atoms with E-state index in [2.05, 4.69) is 34.6 Å². The van der Waals surface area contributed by atoms with E-state index in [-0.39, 0.29) is 17.4 Å². The first kappa shape index (κ1) is 22.6. The van der Waals surface area contributed by atoms with Crippen molar-refractivity contribution in [3.8, 4) is 11.5 Å². The van der Waals surface area contributed by atoms with Crippen LogP contribution < -0.4 is 15.1 Å². The molecule has 0 amide bonds. The molecule has 3 rings (SSSR count). The normalized spacial score (nSPS) is 12.1. The number of carbonyl (C=O) groups is 1. The van der Waals surface area contributed by atoms with Gasteiger partial charge in [0.1, 0.15) is 17.1 Å². The first-order valence-electron chi connectivity index (χ1n) is 10.4. The maximum absolute atomic E-state index is 12.2. The summed E-state index contributed by atoms with van der Waals surface area (Å²) in [6.45, 7) is 12.7. The summed E-state index contributed by atoms with van der Waals surface area (Å²) in [6.07, 6.45) is 1.04. The number of aryl methyl sites for hydroxylation is 1. The summed E-state index contributed by atoms with van der Waals surface area (Å²) in [5.41, 5.74) is 2.27. The first-order valence-corrected chi connectivity index (χ1v) is 10.4. The molecule has 1 heterocycles. The van der Waals surface area contributed by atoms with E-state index in [4.69, 9.17) is 13.9 Å². The molecule has 5 nitrogen and oxygen atoms in total. The van der Waals surface area contributed by atoms with Crippen LogP contribution in [0.2, 0.25) is 0 Å². The second-order valence-electron chi connectivity index (χ2n) is 9.81. The molecule has 0 saturated carbocycles. The van der Waals surface area contributed by atoms with Gasteiger partial charge in [-0.25, -0.2) is 9.59 Å². The fourth-order valence-corrected chi connectivity index (χ4v) is 4.10. The summed E-state index contributed by atoms with van der Waals surface area (Å²) < 4.78 is 16.1. The Morgan fingerprint density at radius 3 is 2.23 bits per heavy atom. The van der Waals surface area contributed by atoms with Crippen LogP contribution in [0.5, 0.6) is 11.5 Å². The van der Waals surface area contributed by atoms with Crippen molar-refractivity contribution in [2.45, 2.75) is 53.4 Å². The van der Waals surface area contributed by atoms with E-state index in [1.807, 2.05) is 31.2 Å². The topological polar surface area (TPSA) is 65.7 Å². The Kier molecular flexibility index (Phi) is 6.25.